The van der Waals surface area contributed by atoms with E-state index in [-0.39, 0.29) is 0 Å². The average Bonchev–Trinajstić information content (AvgIpc) is 3.32. The molecule has 0 aromatic heterocycles. The van der Waals surface area contributed by atoms with Crippen LogP contribution >= 0.6 is 0 Å². The summed E-state index contributed by atoms with van der Waals surface area (Å²) in [6.07, 6.45) is 2.85. The van der Waals surface area contributed by atoms with Crippen molar-refractivity contribution in [2.24, 2.45) is 0 Å². The highest BCUT2D eigenvalue weighted by Crippen LogP contribution is 2.30. The third-order valence-electron chi connectivity index (χ3n) is 4.63. The Morgan fingerprint density at radius 2 is 1.85 bits per heavy atom. The second kappa shape index (κ2) is 6.15. The molecule has 2 fully saturated rings. The second-order valence-electron chi connectivity index (χ2n) is 6.09. The molecule has 0 amide bonds. The summed E-state index contributed by atoms with van der Waals surface area (Å²) in [5.74, 6) is 0. The van der Waals surface area contributed by atoms with E-state index in [0.29, 0.717) is 6.04 Å². The van der Waals surface area contributed by atoms with Gasteiger partial charge >= 0.3 is 0 Å². The second-order valence-corrected chi connectivity index (χ2v) is 6.09. The summed E-state index contributed by atoms with van der Waals surface area (Å²) in [5, 5.41) is 3.54. The van der Waals surface area contributed by atoms with Crippen LogP contribution in [0.5, 0.6) is 0 Å². The Labute approximate surface area is 123 Å². The van der Waals surface area contributed by atoms with Crippen molar-refractivity contribution < 1.29 is 0 Å². The van der Waals surface area contributed by atoms with Crippen LogP contribution in [0.3, 0.4) is 0 Å². The van der Waals surface area contributed by atoms with Crippen LogP contribution in [0.4, 0.5) is 5.69 Å². The molecule has 20 heavy (non-hydrogen) atoms. The van der Waals surface area contributed by atoms with Crippen molar-refractivity contribution >= 4 is 5.69 Å². The van der Waals surface area contributed by atoms with Gasteiger partial charge in [-0.1, -0.05) is 25.1 Å². The molecule has 0 radical (unpaired) electrons. The van der Waals surface area contributed by atoms with Gasteiger partial charge in [-0.25, -0.2) is 0 Å². The lowest BCUT2D eigenvalue weighted by Gasteiger charge is -2.37. The molecule has 110 valence electrons. The number of nitrogens with zero attached hydrogens (tertiary/aromatic N) is 2. The number of para-hydroxylation sites is 1. The van der Waals surface area contributed by atoms with E-state index in [1.807, 2.05) is 0 Å². The molecule has 1 heterocycles. The van der Waals surface area contributed by atoms with E-state index < -0.39 is 0 Å². The summed E-state index contributed by atoms with van der Waals surface area (Å²) < 4.78 is 0. The van der Waals surface area contributed by atoms with Crippen molar-refractivity contribution in [1.82, 2.24) is 10.2 Å². The van der Waals surface area contributed by atoms with Gasteiger partial charge < -0.3 is 10.2 Å². The standard InChI is InChI=1S/C17H27N3/c1-3-18-14(2)16-6-4-5-7-17(16)20-12-10-19(11-13-20)15-8-9-15/h4-7,14-15,18H,3,8-13H2,1-2H3. The predicted molar refractivity (Wildman–Crippen MR) is 85.3 cm³/mol. The van der Waals surface area contributed by atoms with Gasteiger partial charge in [0.05, 0.1) is 0 Å². The lowest BCUT2D eigenvalue weighted by molar-refractivity contribution is 0.248. The first kappa shape index (κ1) is 13.9. The number of rotatable bonds is 5. The average molecular weight is 273 g/mol. The van der Waals surface area contributed by atoms with E-state index in [9.17, 15) is 0 Å². The third kappa shape index (κ3) is 2.99. The Kier molecular flexibility index (Phi) is 4.27. The molecule has 3 rings (SSSR count). The smallest absolute Gasteiger partial charge is 0.0415 e. The van der Waals surface area contributed by atoms with Gasteiger partial charge in [0.1, 0.15) is 0 Å². The minimum atomic E-state index is 0.428. The molecular formula is C17H27N3. The number of anilines is 1. The molecule has 1 saturated heterocycles. The lowest BCUT2D eigenvalue weighted by atomic mass is 10.0. The number of hydrogen-bond acceptors (Lipinski definition) is 3. The molecular weight excluding hydrogens is 246 g/mol. The fraction of sp³-hybridized carbons (Fsp3) is 0.647. The zero-order chi connectivity index (χ0) is 13.9. The van der Waals surface area contributed by atoms with Gasteiger partial charge in [0.15, 0.2) is 0 Å². The maximum atomic E-state index is 3.54. The first-order valence-electron chi connectivity index (χ1n) is 8.11. The van der Waals surface area contributed by atoms with Crippen LogP contribution in [0.25, 0.3) is 0 Å². The third-order valence-corrected chi connectivity index (χ3v) is 4.63. The fourth-order valence-electron chi connectivity index (χ4n) is 3.33. The van der Waals surface area contributed by atoms with Crippen LogP contribution in [0.2, 0.25) is 0 Å². The van der Waals surface area contributed by atoms with Crippen molar-refractivity contribution in [3.05, 3.63) is 29.8 Å². The molecule has 3 nitrogen and oxygen atoms in total. The SMILES string of the molecule is CCNC(C)c1ccccc1N1CCN(C2CC2)CC1. The summed E-state index contributed by atoms with van der Waals surface area (Å²) >= 11 is 0. The first-order chi connectivity index (χ1) is 9.79. The number of nitrogens with one attached hydrogen (secondary N) is 1. The molecule has 1 atom stereocenters. The summed E-state index contributed by atoms with van der Waals surface area (Å²) in [7, 11) is 0. The van der Waals surface area contributed by atoms with Gasteiger partial charge in [0.2, 0.25) is 0 Å². The van der Waals surface area contributed by atoms with E-state index in [2.05, 4.69) is 53.2 Å². The highest BCUT2D eigenvalue weighted by atomic mass is 15.3. The highest BCUT2D eigenvalue weighted by Gasteiger charge is 2.31. The fourth-order valence-corrected chi connectivity index (χ4v) is 3.33. The van der Waals surface area contributed by atoms with Gasteiger partial charge in [-0.2, -0.15) is 0 Å². The van der Waals surface area contributed by atoms with Crippen molar-refractivity contribution in [3.63, 3.8) is 0 Å². The quantitative estimate of drug-likeness (QED) is 0.890. The van der Waals surface area contributed by atoms with Crippen LogP contribution in [-0.2, 0) is 0 Å². The minimum absolute atomic E-state index is 0.428. The van der Waals surface area contributed by atoms with Gasteiger partial charge in [-0.05, 0) is 37.9 Å². The Bertz CT molecular complexity index is 434. The maximum absolute atomic E-state index is 3.54. The predicted octanol–water partition coefficient (Wildman–Crippen LogP) is 2.64. The van der Waals surface area contributed by atoms with Crippen molar-refractivity contribution in [3.8, 4) is 0 Å². The molecule has 0 spiro atoms. The van der Waals surface area contributed by atoms with Crippen LogP contribution in [0.1, 0.15) is 38.3 Å². The van der Waals surface area contributed by atoms with Gasteiger partial charge in [0, 0.05) is 44.0 Å². The molecule has 3 heteroatoms. The zero-order valence-corrected chi connectivity index (χ0v) is 12.8. The molecule has 1 aromatic rings. The summed E-state index contributed by atoms with van der Waals surface area (Å²) in [4.78, 5) is 5.24. The molecule has 1 N–H and O–H groups in total. The lowest BCUT2D eigenvalue weighted by Crippen LogP contribution is -2.47. The number of piperazine rings is 1. The number of benzene rings is 1. The largest absolute Gasteiger partial charge is 0.369 e. The normalized spacial score (nSPS) is 22.0. The molecule has 1 aliphatic carbocycles. The monoisotopic (exact) mass is 273 g/mol. The van der Waals surface area contributed by atoms with Gasteiger partial charge in [-0.15, -0.1) is 0 Å². The van der Waals surface area contributed by atoms with E-state index >= 15 is 0 Å². The van der Waals surface area contributed by atoms with Crippen LogP contribution < -0.4 is 10.2 Å². The molecule has 0 bridgehead atoms. The Morgan fingerprint density at radius 3 is 2.50 bits per heavy atom. The van der Waals surface area contributed by atoms with E-state index in [0.717, 1.165) is 12.6 Å². The molecule has 1 aliphatic heterocycles. The zero-order valence-electron chi connectivity index (χ0n) is 12.8. The Morgan fingerprint density at radius 1 is 1.15 bits per heavy atom. The summed E-state index contributed by atoms with van der Waals surface area (Å²) in [5.41, 5.74) is 2.87. The summed E-state index contributed by atoms with van der Waals surface area (Å²) in [6.45, 7) is 10.3. The van der Waals surface area contributed by atoms with Crippen LogP contribution in [0.15, 0.2) is 24.3 Å². The highest BCUT2D eigenvalue weighted by molar-refractivity contribution is 5.55. The maximum Gasteiger partial charge on any atom is 0.0415 e. The van der Waals surface area contributed by atoms with Gasteiger partial charge in [-0.3, -0.25) is 4.90 Å². The molecule has 1 aromatic carbocycles. The first-order valence-corrected chi connectivity index (χ1v) is 8.11. The van der Waals surface area contributed by atoms with E-state index in [1.165, 1.54) is 50.3 Å². The molecule has 2 aliphatic rings. The molecule has 1 unspecified atom stereocenters. The Hall–Kier alpha value is -1.06. The van der Waals surface area contributed by atoms with E-state index in [1.54, 1.807) is 0 Å². The topological polar surface area (TPSA) is 18.5 Å². The Balaban J connectivity index is 1.70. The van der Waals surface area contributed by atoms with Gasteiger partial charge in [0.25, 0.3) is 0 Å². The minimum Gasteiger partial charge on any atom is -0.369 e. The van der Waals surface area contributed by atoms with Crippen LogP contribution in [0, 0.1) is 0 Å². The van der Waals surface area contributed by atoms with Crippen LogP contribution in [-0.4, -0.2) is 43.7 Å². The van der Waals surface area contributed by atoms with Crippen molar-refractivity contribution in [1.29, 1.82) is 0 Å². The number of hydrogen-bond donors (Lipinski definition) is 1. The molecule has 1 saturated carbocycles. The van der Waals surface area contributed by atoms with Crippen molar-refractivity contribution in [2.45, 2.75) is 38.8 Å². The van der Waals surface area contributed by atoms with Crippen molar-refractivity contribution in [2.75, 3.05) is 37.6 Å². The van der Waals surface area contributed by atoms with E-state index in [4.69, 9.17) is 0 Å². The summed E-state index contributed by atoms with van der Waals surface area (Å²) in [6, 6.07) is 10.2.